The molecule has 10 aliphatic heterocycles. The number of nitrogens with one attached hydrogen (secondary N) is 5. The number of hydrazine groups is 1. The molecular weight excluding hydrogens is 1850 g/mol. The molecule has 3 amide bonds. The van der Waals surface area contributed by atoms with E-state index in [1.807, 2.05) is 87.1 Å². The predicted octanol–water partition coefficient (Wildman–Crippen LogP) is 22.5. The van der Waals surface area contributed by atoms with Crippen molar-refractivity contribution in [2.24, 2.45) is 5.84 Å². The fraction of sp³-hybridized carbons (Fsp3) is 0.462. The van der Waals surface area contributed by atoms with Gasteiger partial charge in [-0.1, -0.05) is 35.4 Å². The molecule has 14 heterocycles. The number of amides is 3. The number of carbonyl (C=O) groups is 6. The van der Waals surface area contributed by atoms with Crippen LogP contribution in [-0.2, 0) is 78.9 Å². The molecule has 4 aromatic heterocycles. The fourth-order valence-electron chi connectivity index (χ4n) is 20.4. The Hall–Kier alpha value is -11.6. The third-order valence-corrected chi connectivity index (χ3v) is 29.4. The zero-order valence-corrected chi connectivity index (χ0v) is 83.9. The molecule has 10 atom stereocenters. The Morgan fingerprint density at radius 3 is 1.22 bits per heavy atom. The van der Waals surface area contributed by atoms with Crippen LogP contribution < -0.4 is 21.9 Å². The standard InChI is InChI=1S/C25H27FN2O4S.C20H19FN2O2S.C18H21FN2O2.C13H13FN2.C12H19NO3.C10H18O5.C6H7FN2.ClH/c1-15-5-9-18(10-6-15)33(30,31)28-21-11-7-16(26)13-19(21)20-14-17-8-12-22(23(20)28)27(17)24(29)32-25(2,3)4;1-12-2-6-15(7-3-12)26(24,25)23-19-9-4-13(21)10-16(19)17-11-14-5-8-18(22-14)20(17)23;1-18(2,3)23-17(22)21-11-5-7-15(21)16-13(9-11)12-8-10(19)4-6-14(12)20-16;14-7-1-3-11-9(5-7)10-6-8-2-4-12(15-8)13(10)16-11;1-12(2,3)16-11(15)13-8-4-6-9(13)10(14)7-5-8;1-9(2,3)14-7(11)13-8(12)15-10(4,5)6;7-5-1-3-6(9-8)4-2-5;/h5-7,9-11,13,17,22H,8,12,14H2,1-4H3;2-4,6-7,9-10,14,18,22H,5,8,11H2,1H3;4,6,8,11,15,20H,5,7,9H2,1-3H3;1,3,5,8,12,15-16H,2,4,6H2;8-9H,4-7H2,1-3H3;1-6H3;1-4,9H,8H2;1H. The molecule has 35 heteroatoms. The van der Waals surface area contributed by atoms with Gasteiger partial charge in [-0.3, -0.25) is 25.3 Å². The first kappa shape index (κ1) is 103. The van der Waals surface area contributed by atoms with Crippen LogP contribution in [-0.4, -0.2) is 150 Å². The number of fused-ring (bicyclic) bond motifs is 26. The first-order chi connectivity index (χ1) is 64.8. The molecule has 10 unspecified atom stereocenters. The van der Waals surface area contributed by atoms with Crippen molar-refractivity contribution in [3.05, 3.63) is 231 Å². The number of aromatic amines is 2. The highest BCUT2D eigenvalue weighted by Gasteiger charge is 2.51. The number of H-pyrrole nitrogens is 2. The van der Waals surface area contributed by atoms with Crippen LogP contribution in [0.15, 0.2) is 155 Å². The molecule has 21 rings (SSSR count). The van der Waals surface area contributed by atoms with E-state index in [-0.39, 0.29) is 99.7 Å². The zero-order chi connectivity index (χ0) is 99.7. The van der Waals surface area contributed by atoms with E-state index in [0.717, 1.165) is 132 Å². The molecule has 0 spiro atoms. The van der Waals surface area contributed by atoms with E-state index in [9.17, 15) is 67.6 Å². The summed E-state index contributed by atoms with van der Waals surface area (Å²) in [4.78, 5) is 83.8. The van der Waals surface area contributed by atoms with Gasteiger partial charge in [-0.2, -0.15) is 0 Å². The molecule has 0 radical (unpaired) electrons. The molecule has 6 saturated heterocycles. The smallest absolute Gasteiger partial charge is 0.444 e. The second-order valence-electron chi connectivity index (χ2n) is 42.0. The zero-order valence-electron chi connectivity index (χ0n) is 81.4. The van der Waals surface area contributed by atoms with Crippen molar-refractivity contribution in [2.45, 2.75) is 319 Å². The third kappa shape index (κ3) is 23.1. The molecule has 139 heavy (non-hydrogen) atoms. The van der Waals surface area contributed by atoms with Crippen molar-refractivity contribution >= 4 is 118 Å². The Labute approximate surface area is 813 Å². The Morgan fingerprint density at radius 2 is 0.755 bits per heavy atom. The molecule has 27 nitrogen and oxygen atoms in total. The minimum atomic E-state index is -3.99. The van der Waals surface area contributed by atoms with Crippen molar-refractivity contribution < 1.29 is 96.0 Å². The Bertz CT molecular complexity index is 6690. The van der Waals surface area contributed by atoms with E-state index in [0.29, 0.717) is 70.6 Å². The summed E-state index contributed by atoms with van der Waals surface area (Å²) in [5.74, 6) is 3.85. The van der Waals surface area contributed by atoms with Gasteiger partial charge in [-0.15, -0.1) is 12.4 Å². The molecule has 7 aromatic carbocycles. The molecule has 0 aliphatic carbocycles. The Kier molecular flexibility index (Phi) is 29.9. The number of anilines is 1. The molecule has 11 aromatic rings. The molecular formula is C104H125ClF5N11O16S2. The number of nitrogens with zero attached hydrogens (tertiary/aromatic N) is 5. The molecule has 10 bridgehead atoms. The van der Waals surface area contributed by atoms with Crippen LogP contribution in [0.2, 0.25) is 0 Å². The number of aromatic nitrogens is 4. The van der Waals surface area contributed by atoms with Crippen LogP contribution >= 0.6 is 12.4 Å². The number of rotatable bonds is 5. The Balaban J connectivity index is 0.000000133. The Morgan fingerprint density at radius 1 is 0.388 bits per heavy atom. The number of nitrogens with two attached hydrogens (primary N) is 1. The van der Waals surface area contributed by atoms with Gasteiger partial charge in [0.15, 0.2) is 5.78 Å². The summed E-state index contributed by atoms with van der Waals surface area (Å²) in [5, 5.41) is 10.4. The molecule has 7 N–H and O–H groups in total. The second-order valence-corrected chi connectivity index (χ2v) is 45.6. The number of hydrogen-bond donors (Lipinski definition) is 6. The first-order valence-electron chi connectivity index (χ1n) is 47.1. The highest BCUT2D eigenvalue weighted by Crippen LogP contribution is 2.52. The van der Waals surface area contributed by atoms with Crippen LogP contribution in [0.1, 0.15) is 261 Å². The number of benzene rings is 7. The number of Topliss-reactive ketones (excluding diaryl/α,β-unsaturated/α-hetero) is 1. The third-order valence-electron chi connectivity index (χ3n) is 25.9. The number of aryl methyl sites for hydroxylation is 2. The maximum absolute atomic E-state index is 14.2. The van der Waals surface area contributed by atoms with Crippen LogP contribution in [0.4, 0.5) is 51.6 Å². The fourth-order valence-corrected chi connectivity index (χ4v) is 23.6. The maximum Gasteiger partial charge on any atom is 0.519 e. The summed E-state index contributed by atoms with van der Waals surface area (Å²) < 4.78 is 155. The quantitative estimate of drug-likeness (QED) is 0.0233. The summed E-state index contributed by atoms with van der Waals surface area (Å²) >= 11 is 0. The largest absolute Gasteiger partial charge is 0.519 e. The number of ketones is 1. The topological polar surface area (TPSA) is 339 Å². The van der Waals surface area contributed by atoms with Gasteiger partial charge in [0.2, 0.25) is 0 Å². The van der Waals surface area contributed by atoms with Crippen LogP contribution in [0.5, 0.6) is 0 Å². The predicted molar refractivity (Wildman–Crippen MR) is 522 cm³/mol. The minimum Gasteiger partial charge on any atom is -0.444 e. The van der Waals surface area contributed by atoms with Crippen molar-refractivity contribution in [1.29, 1.82) is 0 Å². The van der Waals surface area contributed by atoms with Gasteiger partial charge in [0.05, 0.1) is 50.3 Å². The average molecular weight is 1980 g/mol. The van der Waals surface area contributed by atoms with Crippen molar-refractivity contribution in [1.82, 2.24) is 43.2 Å². The van der Waals surface area contributed by atoms with Crippen molar-refractivity contribution in [3.63, 3.8) is 0 Å². The lowest BCUT2D eigenvalue weighted by molar-refractivity contribution is -0.126. The van der Waals surface area contributed by atoms with E-state index >= 15 is 0 Å². The number of halogens is 6. The van der Waals surface area contributed by atoms with Gasteiger partial charge >= 0.3 is 30.6 Å². The number of nitrogen functional groups attached to an aromatic ring is 1. The van der Waals surface area contributed by atoms with Gasteiger partial charge < -0.3 is 54.4 Å². The molecule has 10 aliphatic rings. The van der Waals surface area contributed by atoms with Gasteiger partial charge in [-0.25, -0.2) is 70.7 Å². The number of ether oxygens (including phenoxy) is 6. The van der Waals surface area contributed by atoms with E-state index in [1.54, 1.807) is 136 Å². The van der Waals surface area contributed by atoms with E-state index in [4.69, 9.17) is 29.5 Å². The lowest BCUT2D eigenvalue weighted by Gasteiger charge is -2.36. The SMILES string of the molecule is CC(C)(C)OC(=O)N1C2CCC(=O)C1CC2.CC(C)(C)OC(=O)N1C2CCC1c1[nH]c3ccc(F)cc3c1C2.CC(C)(C)OC(=O)OC(=O)OC(C)(C)C.Cc1ccc(S(=O)(=O)n2c3c(c4cc(F)ccc42)CC2CCC3N2)cc1.Cc1ccc(S(=O)(=O)n2c3c(c4cc(F)ccc42)CC2CCC3N2C(=O)OC(C)(C)C)cc1.Cl.Fc1ccc2[nH]c3c(c2c1)CC1CCC3N1.NNc1ccc(F)cc1. The van der Waals surface area contributed by atoms with Gasteiger partial charge in [-0.05, 0) is 358 Å². The number of hydrogen-bond acceptors (Lipinski definition) is 20. The molecule has 0 saturated carbocycles. The van der Waals surface area contributed by atoms with Crippen molar-refractivity contribution in [2.75, 3.05) is 5.43 Å². The van der Waals surface area contributed by atoms with Crippen LogP contribution in [0.25, 0.3) is 43.6 Å². The van der Waals surface area contributed by atoms with Crippen LogP contribution in [0, 0.1) is 42.9 Å². The van der Waals surface area contributed by atoms with E-state index in [2.05, 4.69) is 30.8 Å². The first-order valence-corrected chi connectivity index (χ1v) is 50.0. The number of piperidine rings is 1. The average Bonchev–Trinajstić information content (AvgIpc) is 1.55. The normalized spacial score (nSPS) is 21.1. The lowest BCUT2D eigenvalue weighted by atomic mass is 9.97. The minimum absolute atomic E-state index is 0. The van der Waals surface area contributed by atoms with Crippen molar-refractivity contribution in [3.8, 4) is 0 Å². The van der Waals surface area contributed by atoms with Gasteiger partial charge in [0.1, 0.15) is 57.1 Å². The van der Waals surface area contributed by atoms with Gasteiger partial charge in [0.25, 0.3) is 20.0 Å². The summed E-state index contributed by atoms with van der Waals surface area (Å²) in [6.45, 7) is 30.5. The maximum atomic E-state index is 14.2. The van der Waals surface area contributed by atoms with E-state index in [1.165, 1.54) is 86.6 Å². The molecule has 746 valence electrons. The van der Waals surface area contributed by atoms with Gasteiger partial charge in [0, 0.05) is 98.4 Å². The monoisotopic (exact) mass is 1980 g/mol. The summed E-state index contributed by atoms with van der Waals surface area (Å²) in [6.07, 6.45) is 10.6. The highest BCUT2D eigenvalue weighted by molar-refractivity contribution is 7.90. The van der Waals surface area contributed by atoms with Crippen LogP contribution in [0.3, 0.4) is 0 Å². The summed E-state index contributed by atoms with van der Waals surface area (Å²) in [7, 11) is -7.75. The molecule has 6 fully saturated rings. The lowest BCUT2D eigenvalue weighted by Crippen LogP contribution is -2.50. The van der Waals surface area contributed by atoms with E-state index < -0.39 is 78.3 Å². The summed E-state index contributed by atoms with van der Waals surface area (Å²) in [6, 6.07) is 38.8. The summed E-state index contributed by atoms with van der Waals surface area (Å²) in [5.41, 5.74) is 12.9. The number of carbonyl (C=O) groups excluding carboxylic acids is 6. The second kappa shape index (κ2) is 40.2. The highest BCUT2D eigenvalue weighted by atomic mass is 35.5.